The van der Waals surface area contributed by atoms with Crippen LogP contribution >= 0.6 is 27.7 Å². The second-order valence-corrected chi connectivity index (χ2v) is 7.45. The van der Waals surface area contributed by atoms with Crippen molar-refractivity contribution in [1.29, 1.82) is 0 Å². The summed E-state index contributed by atoms with van der Waals surface area (Å²) in [7, 11) is 0. The fourth-order valence-corrected chi connectivity index (χ4v) is 3.39. The lowest BCUT2D eigenvalue weighted by atomic mass is 10.2. The van der Waals surface area contributed by atoms with E-state index in [1.807, 2.05) is 13.0 Å². The Labute approximate surface area is 152 Å². The molecular weight excluding hydrogens is 394 g/mol. The smallest absolute Gasteiger partial charge is 0.262 e. The van der Waals surface area contributed by atoms with E-state index in [0.717, 1.165) is 4.47 Å². The van der Waals surface area contributed by atoms with Gasteiger partial charge in [-0.1, -0.05) is 27.7 Å². The topological polar surface area (TPSA) is 87.2 Å². The molecule has 0 saturated carbocycles. The predicted octanol–water partition coefficient (Wildman–Crippen LogP) is 2.55. The molecule has 2 N–H and O–H groups in total. The molecule has 1 aromatic carbocycles. The van der Waals surface area contributed by atoms with Crippen molar-refractivity contribution in [3.63, 3.8) is 0 Å². The van der Waals surface area contributed by atoms with E-state index in [4.69, 9.17) is 10.5 Å². The second kappa shape index (κ2) is 8.64. The van der Waals surface area contributed by atoms with Crippen molar-refractivity contribution in [2.24, 2.45) is 5.73 Å². The fraction of sp³-hybridized carbons (Fsp3) is 0.438. The van der Waals surface area contributed by atoms with E-state index in [9.17, 15) is 9.59 Å². The highest BCUT2D eigenvalue weighted by Gasteiger charge is 2.17. The number of primary amides is 1. The zero-order valence-corrected chi connectivity index (χ0v) is 16.0. The van der Waals surface area contributed by atoms with Crippen molar-refractivity contribution >= 4 is 44.5 Å². The summed E-state index contributed by atoms with van der Waals surface area (Å²) in [5, 5.41) is 0.567. The van der Waals surface area contributed by atoms with Crippen LogP contribution in [-0.2, 0) is 16.1 Å². The van der Waals surface area contributed by atoms with Gasteiger partial charge in [0, 0.05) is 24.2 Å². The number of hydrogen-bond donors (Lipinski definition) is 1. The Morgan fingerprint density at radius 2 is 2.25 bits per heavy atom. The zero-order chi connectivity index (χ0) is 17.7. The van der Waals surface area contributed by atoms with Gasteiger partial charge < -0.3 is 10.5 Å². The molecule has 1 heterocycles. The molecule has 2 aromatic rings. The van der Waals surface area contributed by atoms with Crippen molar-refractivity contribution in [1.82, 2.24) is 9.55 Å². The summed E-state index contributed by atoms with van der Waals surface area (Å²) >= 11 is 4.58. The van der Waals surface area contributed by atoms with Crippen LogP contribution in [0.4, 0.5) is 0 Å². The van der Waals surface area contributed by atoms with Gasteiger partial charge >= 0.3 is 0 Å². The third-order valence-corrected chi connectivity index (χ3v) is 5.04. The Morgan fingerprint density at radius 1 is 1.50 bits per heavy atom. The first-order valence-corrected chi connectivity index (χ1v) is 9.35. The number of carbonyl (C=O) groups excluding carboxylic acids is 1. The first-order valence-electron chi connectivity index (χ1n) is 7.67. The quantitative estimate of drug-likeness (QED) is 0.408. The molecule has 130 valence electrons. The second-order valence-electron chi connectivity index (χ2n) is 5.23. The Morgan fingerprint density at radius 3 is 2.92 bits per heavy atom. The normalized spacial score (nSPS) is 12.5. The van der Waals surface area contributed by atoms with Gasteiger partial charge in [-0.25, -0.2) is 4.98 Å². The first-order chi connectivity index (χ1) is 11.4. The number of thioether (sulfide) groups is 1. The molecule has 0 spiro atoms. The largest absolute Gasteiger partial charge is 0.382 e. The van der Waals surface area contributed by atoms with E-state index in [0.29, 0.717) is 42.2 Å². The molecule has 0 aliphatic carbocycles. The predicted molar refractivity (Wildman–Crippen MR) is 99.3 cm³/mol. The van der Waals surface area contributed by atoms with Gasteiger partial charge in [-0.2, -0.15) is 0 Å². The average molecular weight is 414 g/mol. The number of ether oxygens (including phenoxy) is 1. The van der Waals surface area contributed by atoms with Crippen molar-refractivity contribution in [2.45, 2.75) is 37.2 Å². The van der Waals surface area contributed by atoms with Crippen LogP contribution in [0.25, 0.3) is 10.9 Å². The van der Waals surface area contributed by atoms with Gasteiger partial charge in [-0.15, -0.1) is 0 Å². The molecule has 0 unspecified atom stereocenters. The molecule has 2 rings (SSSR count). The van der Waals surface area contributed by atoms with Crippen molar-refractivity contribution < 1.29 is 9.53 Å². The van der Waals surface area contributed by atoms with Gasteiger partial charge in [0.25, 0.3) is 5.56 Å². The highest BCUT2D eigenvalue weighted by Crippen LogP contribution is 2.23. The summed E-state index contributed by atoms with van der Waals surface area (Å²) in [6, 6.07) is 5.38. The summed E-state index contributed by atoms with van der Waals surface area (Å²) in [4.78, 5) is 28.8. The Kier molecular flexibility index (Phi) is 6.82. The number of nitrogens with two attached hydrogens (primary N) is 1. The highest BCUT2D eigenvalue weighted by molar-refractivity contribution is 9.10. The summed E-state index contributed by atoms with van der Waals surface area (Å²) in [6.07, 6.45) is 0.688. The molecule has 1 aromatic heterocycles. The third-order valence-electron chi connectivity index (χ3n) is 3.44. The van der Waals surface area contributed by atoms with Crippen molar-refractivity contribution in [2.75, 3.05) is 13.2 Å². The highest BCUT2D eigenvalue weighted by atomic mass is 79.9. The van der Waals surface area contributed by atoms with Crippen LogP contribution in [0, 0.1) is 0 Å². The first kappa shape index (κ1) is 19.0. The van der Waals surface area contributed by atoms with E-state index in [-0.39, 0.29) is 5.56 Å². The third kappa shape index (κ3) is 4.58. The number of nitrogens with zero attached hydrogens (tertiary/aromatic N) is 2. The molecule has 0 aliphatic heterocycles. The molecule has 6 nitrogen and oxygen atoms in total. The molecule has 0 aliphatic rings. The average Bonchev–Trinajstić information content (AvgIpc) is 2.54. The number of hydrogen-bond acceptors (Lipinski definition) is 5. The fourth-order valence-electron chi connectivity index (χ4n) is 2.15. The number of halogens is 1. The number of amides is 1. The molecular formula is C16H20BrN3O3S. The van der Waals surface area contributed by atoms with Gasteiger partial charge in [0.1, 0.15) is 0 Å². The standard InChI is InChI=1S/C16H20BrN3O3S/c1-3-23-8-4-7-20-15(22)12-9-11(17)5-6-13(12)19-16(20)24-10(2)14(18)21/h5-6,9-10H,3-4,7-8H2,1-2H3,(H2,18,21)/t10-/m1/s1. The van der Waals surface area contributed by atoms with Crippen LogP contribution in [-0.4, -0.2) is 33.9 Å². The van der Waals surface area contributed by atoms with Gasteiger partial charge in [0.15, 0.2) is 5.16 Å². The van der Waals surface area contributed by atoms with Crippen molar-refractivity contribution in [3.8, 4) is 0 Å². The van der Waals surface area contributed by atoms with Gasteiger partial charge in [-0.3, -0.25) is 14.2 Å². The van der Waals surface area contributed by atoms with E-state index in [2.05, 4.69) is 20.9 Å². The van der Waals surface area contributed by atoms with Crippen LogP contribution in [0.5, 0.6) is 0 Å². The number of rotatable bonds is 8. The molecule has 0 bridgehead atoms. The number of carbonyl (C=O) groups is 1. The Bertz CT molecular complexity index is 794. The number of benzene rings is 1. The Hall–Kier alpha value is -1.38. The lowest BCUT2D eigenvalue weighted by Gasteiger charge is -2.15. The van der Waals surface area contributed by atoms with Crippen LogP contribution in [0.15, 0.2) is 32.6 Å². The summed E-state index contributed by atoms with van der Waals surface area (Å²) in [6.45, 7) is 5.31. The number of aromatic nitrogens is 2. The van der Waals surface area contributed by atoms with Crippen LogP contribution in [0.3, 0.4) is 0 Å². The molecule has 8 heteroatoms. The molecule has 0 saturated heterocycles. The summed E-state index contributed by atoms with van der Waals surface area (Å²) < 4.78 is 7.75. The van der Waals surface area contributed by atoms with E-state index in [1.54, 1.807) is 23.6 Å². The summed E-state index contributed by atoms with van der Waals surface area (Å²) in [5.41, 5.74) is 5.82. The van der Waals surface area contributed by atoms with E-state index < -0.39 is 11.2 Å². The lowest BCUT2D eigenvalue weighted by Crippen LogP contribution is -2.27. The summed E-state index contributed by atoms with van der Waals surface area (Å²) in [5.74, 6) is -0.439. The maximum Gasteiger partial charge on any atom is 0.262 e. The van der Waals surface area contributed by atoms with Gasteiger partial charge in [0.05, 0.1) is 16.2 Å². The van der Waals surface area contributed by atoms with Gasteiger partial charge in [-0.05, 0) is 38.5 Å². The monoisotopic (exact) mass is 413 g/mol. The molecule has 0 fully saturated rings. The van der Waals surface area contributed by atoms with E-state index in [1.165, 1.54) is 11.8 Å². The van der Waals surface area contributed by atoms with Crippen LogP contribution in [0.2, 0.25) is 0 Å². The van der Waals surface area contributed by atoms with E-state index >= 15 is 0 Å². The molecule has 1 amide bonds. The lowest BCUT2D eigenvalue weighted by molar-refractivity contribution is -0.117. The maximum absolute atomic E-state index is 12.8. The Balaban J connectivity index is 2.45. The minimum Gasteiger partial charge on any atom is -0.382 e. The molecule has 0 radical (unpaired) electrons. The number of fused-ring (bicyclic) bond motifs is 1. The van der Waals surface area contributed by atoms with Gasteiger partial charge in [0.2, 0.25) is 5.91 Å². The van der Waals surface area contributed by atoms with Crippen LogP contribution in [0.1, 0.15) is 20.3 Å². The maximum atomic E-state index is 12.8. The minimum absolute atomic E-state index is 0.128. The van der Waals surface area contributed by atoms with Crippen molar-refractivity contribution in [3.05, 3.63) is 33.0 Å². The van der Waals surface area contributed by atoms with Crippen LogP contribution < -0.4 is 11.3 Å². The molecule has 1 atom stereocenters. The zero-order valence-electron chi connectivity index (χ0n) is 13.6. The molecule has 24 heavy (non-hydrogen) atoms. The minimum atomic E-state index is -0.469. The SMILES string of the molecule is CCOCCCn1c(S[C@H](C)C(N)=O)nc2ccc(Br)cc2c1=O.